The lowest BCUT2D eigenvalue weighted by atomic mass is 9.92. The van der Waals surface area contributed by atoms with Crippen molar-refractivity contribution in [1.82, 2.24) is 5.32 Å². The van der Waals surface area contributed by atoms with E-state index in [1.807, 2.05) is 0 Å². The van der Waals surface area contributed by atoms with Gasteiger partial charge in [-0.3, -0.25) is 4.79 Å². The molecule has 0 saturated heterocycles. The van der Waals surface area contributed by atoms with Gasteiger partial charge in [0.05, 0.1) is 12.1 Å². The Hall–Kier alpha value is -0.320. The second-order valence-electron chi connectivity index (χ2n) is 3.77. The number of rotatable bonds is 4. The van der Waals surface area contributed by atoms with Gasteiger partial charge in [0.15, 0.2) is 0 Å². The van der Waals surface area contributed by atoms with E-state index in [-0.39, 0.29) is 30.5 Å². The fraction of sp³-hybridized carbons (Fsp3) is 0.900. The Morgan fingerprint density at radius 3 is 2.73 bits per heavy atom. The predicted octanol–water partition coefficient (Wildman–Crippen LogP) is 0.831. The number of carbonyl (C=O) groups excluding carboxylic acids is 1. The third-order valence-electron chi connectivity index (χ3n) is 2.72. The van der Waals surface area contributed by atoms with Crippen LogP contribution in [0, 0.1) is 0 Å². The largest absolute Gasteiger partial charge is 0.379 e. The van der Waals surface area contributed by atoms with Crippen LogP contribution in [0.5, 0.6) is 0 Å². The van der Waals surface area contributed by atoms with Crippen LogP contribution in [0.25, 0.3) is 0 Å². The van der Waals surface area contributed by atoms with Crippen molar-refractivity contribution in [3.05, 3.63) is 0 Å². The van der Waals surface area contributed by atoms with Gasteiger partial charge in [-0.1, -0.05) is 12.8 Å². The minimum atomic E-state index is 0. The molecule has 0 aromatic rings. The third-order valence-corrected chi connectivity index (χ3v) is 2.72. The molecule has 1 amide bonds. The van der Waals surface area contributed by atoms with Crippen molar-refractivity contribution in [2.45, 2.75) is 44.2 Å². The van der Waals surface area contributed by atoms with Crippen LogP contribution in [0.15, 0.2) is 0 Å². The van der Waals surface area contributed by atoms with Crippen LogP contribution in [-0.2, 0) is 9.53 Å². The number of methoxy groups -OCH3 is 1. The van der Waals surface area contributed by atoms with E-state index in [2.05, 4.69) is 5.32 Å². The fourth-order valence-corrected chi connectivity index (χ4v) is 1.95. The van der Waals surface area contributed by atoms with Crippen LogP contribution in [0.2, 0.25) is 0 Å². The zero-order valence-electron chi connectivity index (χ0n) is 9.20. The van der Waals surface area contributed by atoms with E-state index >= 15 is 0 Å². The first-order chi connectivity index (χ1) is 6.77. The number of nitrogens with one attached hydrogen (secondary N) is 1. The predicted molar refractivity (Wildman–Crippen MR) is 62.1 cm³/mol. The number of halogens is 1. The van der Waals surface area contributed by atoms with Crippen LogP contribution in [-0.4, -0.2) is 31.7 Å². The summed E-state index contributed by atoms with van der Waals surface area (Å²) in [5.74, 6) is 0.0430. The van der Waals surface area contributed by atoms with E-state index in [0.29, 0.717) is 13.0 Å². The monoisotopic (exact) mass is 236 g/mol. The smallest absolute Gasteiger partial charge is 0.221 e. The van der Waals surface area contributed by atoms with Crippen molar-refractivity contribution in [1.29, 1.82) is 0 Å². The van der Waals surface area contributed by atoms with Crippen molar-refractivity contribution in [3.8, 4) is 0 Å². The van der Waals surface area contributed by atoms with Crippen LogP contribution in [0.3, 0.4) is 0 Å². The molecule has 0 radical (unpaired) electrons. The Morgan fingerprint density at radius 2 is 2.13 bits per heavy atom. The van der Waals surface area contributed by atoms with E-state index in [1.54, 1.807) is 7.11 Å². The maximum Gasteiger partial charge on any atom is 0.221 e. The average Bonchev–Trinajstić information content (AvgIpc) is 2.19. The highest BCUT2D eigenvalue weighted by molar-refractivity contribution is 5.85. The highest BCUT2D eigenvalue weighted by Crippen LogP contribution is 2.20. The number of hydrogen-bond donors (Lipinski definition) is 2. The average molecular weight is 237 g/mol. The molecule has 4 nitrogen and oxygen atoms in total. The van der Waals surface area contributed by atoms with Crippen molar-refractivity contribution in [2.24, 2.45) is 5.73 Å². The van der Waals surface area contributed by atoms with E-state index in [9.17, 15) is 4.79 Å². The molecule has 2 unspecified atom stereocenters. The van der Waals surface area contributed by atoms with Gasteiger partial charge in [-0.25, -0.2) is 0 Å². The molecule has 1 saturated carbocycles. The van der Waals surface area contributed by atoms with Crippen molar-refractivity contribution >= 4 is 18.3 Å². The Labute approximate surface area is 97.3 Å². The van der Waals surface area contributed by atoms with E-state index in [4.69, 9.17) is 10.5 Å². The maximum absolute atomic E-state index is 11.3. The Balaban J connectivity index is 0.00000196. The number of nitrogens with two attached hydrogens (primary N) is 1. The molecule has 15 heavy (non-hydrogen) atoms. The molecule has 2 atom stereocenters. The molecule has 0 spiro atoms. The van der Waals surface area contributed by atoms with Gasteiger partial charge in [0.25, 0.3) is 0 Å². The molecule has 5 heteroatoms. The summed E-state index contributed by atoms with van der Waals surface area (Å²) in [5.41, 5.74) is 5.31. The van der Waals surface area contributed by atoms with Crippen LogP contribution in [0.4, 0.5) is 0 Å². The number of hydrogen-bond acceptors (Lipinski definition) is 3. The maximum atomic E-state index is 11.3. The summed E-state index contributed by atoms with van der Waals surface area (Å²) in [7, 11) is 1.71. The van der Waals surface area contributed by atoms with E-state index < -0.39 is 0 Å². The molecular formula is C10H21ClN2O2. The van der Waals surface area contributed by atoms with Crippen molar-refractivity contribution in [3.63, 3.8) is 0 Å². The van der Waals surface area contributed by atoms with Gasteiger partial charge in [-0.15, -0.1) is 12.4 Å². The van der Waals surface area contributed by atoms with Crippen LogP contribution >= 0.6 is 12.4 Å². The normalized spacial score (nSPS) is 25.5. The van der Waals surface area contributed by atoms with Gasteiger partial charge in [0.1, 0.15) is 0 Å². The Morgan fingerprint density at radius 1 is 1.47 bits per heavy atom. The van der Waals surface area contributed by atoms with Gasteiger partial charge in [-0.05, 0) is 12.8 Å². The molecule has 1 rings (SSSR count). The minimum absolute atomic E-state index is 0. The summed E-state index contributed by atoms with van der Waals surface area (Å²) in [6.45, 7) is 0.413. The second-order valence-corrected chi connectivity index (χ2v) is 3.77. The van der Waals surface area contributed by atoms with Gasteiger partial charge in [-0.2, -0.15) is 0 Å². The highest BCUT2D eigenvalue weighted by atomic mass is 35.5. The topological polar surface area (TPSA) is 64.3 Å². The van der Waals surface area contributed by atoms with Gasteiger partial charge < -0.3 is 15.8 Å². The Kier molecular flexibility index (Phi) is 7.74. The van der Waals surface area contributed by atoms with Gasteiger partial charge >= 0.3 is 0 Å². The summed E-state index contributed by atoms with van der Waals surface area (Å²) in [5, 5.41) is 2.98. The standard InChI is InChI=1S/C10H20N2O2.ClH/c1-14-9-5-3-2-4-8(9)12-10(13)6-7-11;/h8-9H,2-7,11H2,1H3,(H,12,13);1H. The van der Waals surface area contributed by atoms with Crippen LogP contribution < -0.4 is 11.1 Å². The number of amides is 1. The lowest BCUT2D eigenvalue weighted by Gasteiger charge is -2.31. The molecular weight excluding hydrogens is 216 g/mol. The molecule has 0 aliphatic heterocycles. The lowest BCUT2D eigenvalue weighted by Crippen LogP contribution is -2.46. The first kappa shape index (κ1) is 14.7. The van der Waals surface area contributed by atoms with E-state index in [1.165, 1.54) is 12.8 Å². The molecule has 0 heterocycles. The minimum Gasteiger partial charge on any atom is -0.379 e. The zero-order valence-corrected chi connectivity index (χ0v) is 10.0. The number of ether oxygens (including phenoxy) is 1. The summed E-state index contributed by atoms with van der Waals surface area (Å²) in [6, 6.07) is 0.188. The third kappa shape index (κ3) is 4.82. The van der Waals surface area contributed by atoms with Crippen molar-refractivity contribution in [2.75, 3.05) is 13.7 Å². The zero-order chi connectivity index (χ0) is 10.4. The first-order valence-electron chi connectivity index (χ1n) is 5.30. The van der Waals surface area contributed by atoms with Crippen molar-refractivity contribution < 1.29 is 9.53 Å². The summed E-state index contributed by atoms with van der Waals surface area (Å²) >= 11 is 0. The molecule has 0 bridgehead atoms. The molecule has 0 aromatic heterocycles. The summed E-state index contributed by atoms with van der Waals surface area (Å²) in [6.07, 6.45) is 5.03. The van der Waals surface area contributed by atoms with Gasteiger partial charge in [0.2, 0.25) is 5.91 Å². The fourth-order valence-electron chi connectivity index (χ4n) is 1.95. The van der Waals surface area contributed by atoms with Gasteiger partial charge in [0, 0.05) is 20.1 Å². The molecule has 3 N–H and O–H groups in total. The Bertz CT molecular complexity index is 190. The van der Waals surface area contributed by atoms with E-state index in [0.717, 1.165) is 12.8 Å². The summed E-state index contributed by atoms with van der Waals surface area (Å²) < 4.78 is 5.34. The highest BCUT2D eigenvalue weighted by Gasteiger charge is 2.25. The SMILES string of the molecule is COC1CCCCC1NC(=O)CCN.Cl. The number of carbonyl (C=O) groups is 1. The molecule has 0 aromatic carbocycles. The first-order valence-corrected chi connectivity index (χ1v) is 5.30. The molecule has 1 aliphatic rings. The quantitative estimate of drug-likeness (QED) is 0.760. The molecule has 90 valence electrons. The lowest BCUT2D eigenvalue weighted by molar-refractivity contribution is -0.123. The molecule has 1 fully saturated rings. The van der Waals surface area contributed by atoms with Crippen LogP contribution in [0.1, 0.15) is 32.1 Å². The summed E-state index contributed by atoms with van der Waals surface area (Å²) in [4.78, 5) is 11.3. The second kappa shape index (κ2) is 7.91. The molecule has 1 aliphatic carbocycles.